The van der Waals surface area contributed by atoms with Crippen LogP contribution in [-0.4, -0.2) is 14.8 Å². The van der Waals surface area contributed by atoms with E-state index in [0.29, 0.717) is 0 Å². The van der Waals surface area contributed by atoms with Crippen molar-refractivity contribution in [3.05, 3.63) is 23.8 Å². The SMILES string of the molecule is CCc1ccc(S(N)(=O)=O)cc1OC(F)(F)F. The van der Waals surface area contributed by atoms with Gasteiger partial charge in [0.2, 0.25) is 10.0 Å². The van der Waals surface area contributed by atoms with E-state index in [4.69, 9.17) is 5.14 Å². The average Bonchev–Trinajstić information content (AvgIpc) is 2.13. The number of sulfonamides is 1. The molecule has 0 heterocycles. The Balaban J connectivity index is 3.25. The van der Waals surface area contributed by atoms with E-state index in [1.807, 2.05) is 0 Å². The third kappa shape index (κ3) is 3.90. The summed E-state index contributed by atoms with van der Waals surface area (Å²) >= 11 is 0. The molecule has 0 aliphatic heterocycles. The van der Waals surface area contributed by atoms with Crippen LogP contribution in [0.3, 0.4) is 0 Å². The van der Waals surface area contributed by atoms with Gasteiger partial charge in [-0.25, -0.2) is 13.6 Å². The predicted octanol–water partition coefficient (Wildman–Crippen LogP) is 1.79. The summed E-state index contributed by atoms with van der Waals surface area (Å²) in [5.74, 6) is -0.550. The summed E-state index contributed by atoms with van der Waals surface area (Å²) in [4.78, 5) is -0.422. The van der Waals surface area contributed by atoms with E-state index >= 15 is 0 Å². The maximum absolute atomic E-state index is 12.1. The van der Waals surface area contributed by atoms with Crippen molar-refractivity contribution in [3.63, 3.8) is 0 Å². The molecular formula is C9H10F3NO3S. The molecule has 17 heavy (non-hydrogen) atoms. The Hall–Kier alpha value is -1.28. The first-order valence-electron chi connectivity index (χ1n) is 4.55. The predicted molar refractivity (Wildman–Crippen MR) is 53.9 cm³/mol. The summed E-state index contributed by atoms with van der Waals surface area (Å²) in [5, 5.41) is 4.82. The summed E-state index contributed by atoms with van der Waals surface area (Å²) in [6.07, 6.45) is -4.60. The molecule has 1 aromatic rings. The molecule has 1 aromatic carbocycles. The third-order valence-corrected chi connectivity index (χ3v) is 2.88. The molecule has 0 radical (unpaired) electrons. The number of ether oxygens (including phenoxy) is 1. The molecule has 2 N–H and O–H groups in total. The lowest BCUT2D eigenvalue weighted by Crippen LogP contribution is -2.19. The fraction of sp³-hybridized carbons (Fsp3) is 0.333. The van der Waals surface area contributed by atoms with Crippen LogP contribution in [0.15, 0.2) is 23.1 Å². The van der Waals surface area contributed by atoms with E-state index < -0.39 is 27.0 Å². The number of hydrogen-bond acceptors (Lipinski definition) is 3. The molecule has 0 saturated carbocycles. The number of benzene rings is 1. The molecular weight excluding hydrogens is 259 g/mol. The number of rotatable bonds is 3. The molecule has 96 valence electrons. The van der Waals surface area contributed by atoms with Crippen LogP contribution < -0.4 is 9.88 Å². The van der Waals surface area contributed by atoms with Crippen LogP contribution in [0.5, 0.6) is 5.75 Å². The van der Waals surface area contributed by atoms with E-state index in [-0.39, 0.29) is 12.0 Å². The number of aryl methyl sites for hydroxylation is 1. The molecule has 0 aliphatic rings. The van der Waals surface area contributed by atoms with Crippen LogP contribution >= 0.6 is 0 Å². The number of halogens is 3. The highest BCUT2D eigenvalue weighted by atomic mass is 32.2. The Labute approximate surface area is 96.2 Å². The fourth-order valence-electron chi connectivity index (χ4n) is 1.22. The van der Waals surface area contributed by atoms with Crippen LogP contribution in [0.1, 0.15) is 12.5 Å². The minimum atomic E-state index is -4.87. The molecule has 0 bridgehead atoms. The maximum Gasteiger partial charge on any atom is 0.573 e. The smallest absolute Gasteiger partial charge is 0.405 e. The van der Waals surface area contributed by atoms with Crippen LogP contribution in [-0.2, 0) is 16.4 Å². The minimum absolute atomic E-state index is 0.245. The second-order valence-electron chi connectivity index (χ2n) is 3.22. The largest absolute Gasteiger partial charge is 0.573 e. The van der Waals surface area contributed by atoms with Crippen molar-refractivity contribution in [1.29, 1.82) is 0 Å². The van der Waals surface area contributed by atoms with Gasteiger partial charge in [0.05, 0.1) is 4.90 Å². The molecule has 8 heteroatoms. The van der Waals surface area contributed by atoms with Gasteiger partial charge in [0, 0.05) is 6.07 Å². The van der Waals surface area contributed by atoms with E-state index in [9.17, 15) is 21.6 Å². The second kappa shape index (κ2) is 4.53. The van der Waals surface area contributed by atoms with Crippen molar-refractivity contribution >= 4 is 10.0 Å². The number of hydrogen-bond donors (Lipinski definition) is 1. The number of nitrogens with two attached hydrogens (primary N) is 1. The minimum Gasteiger partial charge on any atom is -0.405 e. The van der Waals surface area contributed by atoms with Gasteiger partial charge in [-0.3, -0.25) is 0 Å². The molecule has 0 atom stereocenters. The van der Waals surface area contributed by atoms with Gasteiger partial charge < -0.3 is 4.74 Å². The molecule has 0 amide bonds. The first-order chi connectivity index (χ1) is 7.63. The Morgan fingerprint density at radius 1 is 1.35 bits per heavy atom. The van der Waals surface area contributed by atoms with Crippen LogP contribution in [0, 0.1) is 0 Å². The Morgan fingerprint density at radius 3 is 2.35 bits per heavy atom. The van der Waals surface area contributed by atoms with Crippen molar-refractivity contribution < 1.29 is 26.3 Å². The molecule has 0 unspecified atom stereocenters. The van der Waals surface area contributed by atoms with Gasteiger partial charge in [0.15, 0.2) is 0 Å². The van der Waals surface area contributed by atoms with Crippen LogP contribution in [0.25, 0.3) is 0 Å². The molecule has 0 fully saturated rings. The fourth-order valence-corrected chi connectivity index (χ4v) is 1.75. The van der Waals surface area contributed by atoms with Crippen molar-refractivity contribution in [2.45, 2.75) is 24.6 Å². The summed E-state index contributed by atoms with van der Waals surface area (Å²) in [5.41, 5.74) is 0.245. The normalized spacial score (nSPS) is 12.5. The molecule has 0 saturated heterocycles. The van der Waals surface area contributed by atoms with Gasteiger partial charge >= 0.3 is 6.36 Å². The molecule has 4 nitrogen and oxygen atoms in total. The number of alkyl halides is 3. The van der Waals surface area contributed by atoms with E-state index in [2.05, 4.69) is 4.74 Å². The average molecular weight is 269 g/mol. The summed E-state index contributed by atoms with van der Waals surface area (Å²) in [7, 11) is -4.05. The lowest BCUT2D eigenvalue weighted by molar-refractivity contribution is -0.275. The Bertz CT molecular complexity index is 511. The van der Waals surface area contributed by atoms with Gasteiger partial charge in [0.25, 0.3) is 0 Å². The lowest BCUT2D eigenvalue weighted by Gasteiger charge is -2.13. The van der Waals surface area contributed by atoms with E-state index in [1.54, 1.807) is 6.92 Å². The Morgan fingerprint density at radius 2 is 1.94 bits per heavy atom. The van der Waals surface area contributed by atoms with Gasteiger partial charge in [-0.05, 0) is 18.1 Å². The molecule has 1 rings (SSSR count). The van der Waals surface area contributed by atoms with E-state index in [1.165, 1.54) is 6.07 Å². The van der Waals surface area contributed by atoms with Crippen molar-refractivity contribution in [2.75, 3.05) is 0 Å². The van der Waals surface area contributed by atoms with E-state index in [0.717, 1.165) is 12.1 Å². The molecule has 0 aromatic heterocycles. The number of primary sulfonamides is 1. The highest BCUT2D eigenvalue weighted by Gasteiger charge is 2.32. The zero-order valence-electron chi connectivity index (χ0n) is 8.78. The maximum atomic E-state index is 12.1. The van der Waals surface area contributed by atoms with Gasteiger partial charge in [-0.1, -0.05) is 13.0 Å². The molecule has 0 spiro atoms. The van der Waals surface area contributed by atoms with Crippen molar-refractivity contribution in [1.82, 2.24) is 0 Å². The topological polar surface area (TPSA) is 69.4 Å². The zero-order chi connectivity index (χ0) is 13.3. The summed E-state index contributed by atoms with van der Waals surface area (Å²) in [6.45, 7) is 1.62. The monoisotopic (exact) mass is 269 g/mol. The Kier molecular flexibility index (Phi) is 3.68. The molecule has 0 aliphatic carbocycles. The van der Waals surface area contributed by atoms with Gasteiger partial charge in [0.1, 0.15) is 5.75 Å². The van der Waals surface area contributed by atoms with Gasteiger partial charge in [-0.2, -0.15) is 0 Å². The first-order valence-corrected chi connectivity index (χ1v) is 6.09. The lowest BCUT2D eigenvalue weighted by atomic mass is 10.1. The standard InChI is InChI=1S/C9H10F3NO3S/c1-2-6-3-4-7(17(13,14)15)5-8(6)16-9(10,11)12/h3-5H,2H2,1H3,(H2,13,14,15). The summed E-state index contributed by atoms with van der Waals surface area (Å²) < 4.78 is 62.0. The third-order valence-electron chi connectivity index (χ3n) is 1.97. The highest BCUT2D eigenvalue weighted by molar-refractivity contribution is 7.89. The first kappa shape index (κ1) is 13.8. The van der Waals surface area contributed by atoms with Gasteiger partial charge in [-0.15, -0.1) is 13.2 Å². The van der Waals surface area contributed by atoms with Crippen LogP contribution in [0.2, 0.25) is 0 Å². The van der Waals surface area contributed by atoms with Crippen molar-refractivity contribution in [2.24, 2.45) is 5.14 Å². The van der Waals surface area contributed by atoms with Crippen molar-refractivity contribution in [3.8, 4) is 5.75 Å². The summed E-state index contributed by atoms with van der Waals surface area (Å²) in [6, 6.07) is 3.14. The highest BCUT2D eigenvalue weighted by Crippen LogP contribution is 2.28. The van der Waals surface area contributed by atoms with Crippen LogP contribution in [0.4, 0.5) is 13.2 Å². The quantitative estimate of drug-likeness (QED) is 0.909. The zero-order valence-corrected chi connectivity index (χ0v) is 9.60. The second-order valence-corrected chi connectivity index (χ2v) is 4.78.